The van der Waals surface area contributed by atoms with Crippen molar-refractivity contribution in [1.29, 1.82) is 0 Å². The molecule has 0 atom stereocenters. The van der Waals surface area contributed by atoms with Crippen LogP contribution in [0.3, 0.4) is 0 Å². The molecular weight excluding hydrogens is 340 g/mol. The second kappa shape index (κ2) is 6.12. The lowest BCUT2D eigenvalue weighted by atomic mass is 10.2. The number of benzene rings is 2. The van der Waals surface area contributed by atoms with E-state index in [0.29, 0.717) is 11.8 Å². The predicted molar refractivity (Wildman–Crippen MR) is 80.4 cm³/mol. The van der Waals surface area contributed by atoms with Crippen molar-refractivity contribution >= 4 is 15.9 Å². The largest absolute Gasteiger partial charge is 0.456 e. The Morgan fingerprint density at radius 1 is 1.10 bits per heavy atom. The van der Waals surface area contributed by atoms with Crippen LogP contribution in [0.4, 0.5) is 8.78 Å². The molecule has 0 aliphatic heterocycles. The Hall–Kier alpha value is -1.46. The topological polar surface area (TPSA) is 21.3 Å². The van der Waals surface area contributed by atoms with Crippen molar-refractivity contribution in [2.75, 3.05) is 0 Å². The molecule has 1 fully saturated rings. The zero-order valence-electron chi connectivity index (χ0n) is 11.2. The summed E-state index contributed by atoms with van der Waals surface area (Å²) in [4.78, 5) is 0. The van der Waals surface area contributed by atoms with Gasteiger partial charge in [-0.1, -0.05) is 6.07 Å². The first-order valence-electron chi connectivity index (χ1n) is 6.76. The van der Waals surface area contributed by atoms with Crippen LogP contribution in [0.15, 0.2) is 40.9 Å². The first kappa shape index (κ1) is 14.5. The van der Waals surface area contributed by atoms with E-state index >= 15 is 0 Å². The molecule has 0 aromatic heterocycles. The summed E-state index contributed by atoms with van der Waals surface area (Å²) in [6.07, 6.45) is 2.50. The van der Waals surface area contributed by atoms with Gasteiger partial charge in [0.25, 0.3) is 0 Å². The molecule has 1 aliphatic rings. The number of hydrogen-bond donors (Lipinski definition) is 1. The van der Waals surface area contributed by atoms with Gasteiger partial charge in [-0.2, -0.15) is 0 Å². The van der Waals surface area contributed by atoms with Gasteiger partial charge in [-0.3, -0.25) is 0 Å². The quantitative estimate of drug-likeness (QED) is 0.835. The van der Waals surface area contributed by atoms with Crippen molar-refractivity contribution in [1.82, 2.24) is 5.32 Å². The van der Waals surface area contributed by atoms with E-state index in [0.717, 1.165) is 28.7 Å². The molecule has 0 heterocycles. The van der Waals surface area contributed by atoms with Crippen molar-refractivity contribution in [3.8, 4) is 11.5 Å². The Labute approximate surface area is 130 Å². The van der Waals surface area contributed by atoms with Gasteiger partial charge in [-0.05, 0) is 58.6 Å². The van der Waals surface area contributed by atoms with E-state index < -0.39 is 11.6 Å². The summed E-state index contributed by atoms with van der Waals surface area (Å²) in [5.74, 6) is -0.980. The molecule has 0 saturated heterocycles. The molecule has 0 bridgehead atoms. The fourth-order valence-electron chi connectivity index (χ4n) is 1.95. The van der Waals surface area contributed by atoms with E-state index in [9.17, 15) is 8.78 Å². The molecule has 21 heavy (non-hydrogen) atoms. The lowest BCUT2D eigenvalue weighted by Crippen LogP contribution is -2.15. The van der Waals surface area contributed by atoms with Crippen LogP contribution in [-0.4, -0.2) is 6.04 Å². The minimum Gasteiger partial charge on any atom is -0.456 e. The summed E-state index contributed by atoms with van der Waals surface area (Å²) in [6.45, 7) is 0.814. The van der Waals surface area contributed by atoms with Gasteiger partial charge in [0.05, 0.1) is 4.47 Å². The first-order valence-corrected chi connectivity index (χ1v) is 7.56. The van der Waals surface area contributed by atoms with Gasteiger partial charge in [0.1, 0.15) is 11.5 Å². The van der Waals surface area contributed by atoms with Gasteiger partial charge in [0, 0.05) is 18.7 Å². The summed E-state index contributed by atoms with van der Waals surface area (Å²) >= 11 is 3.44. The molecular formula is C16H14BrF2NO. The van der Waals surface area contributed by atoms with Crippen LogP contribution >= 0.6 is 15.9 Å². The normalized spacial score (nSPS) is 14.2. The molecule has 0 amide bonds. The number of ether oxygens (including phenoxy) is 1. The van der Waals surface area contributed by atoms with E-state index in [-0.39, 0.29) is 5.75 Å². The SMILES string of the molecule is Fc1ccc(Oc2ccc(CNC3CC3)cc2Br)cc1F. The van der Waals surface area contributed by atoms with Crippen LogP contribution in [0.1, 0.15) is 18.4 Å². The number of nitrogens with one attached hydrogen (secondary N) is 1. The number of hydrogen-bond acceptors (Lipinski definition) is 2. The van der Waals surface area contributed by atoms with E-state index in [1.165, 1.54) is 18.9 Å². The highest BCUT2D eigenvalue weighted by Gasteiger charge is 2.20. The minimum atomic E-state index is -0.922. The third-order valence-corrected chi connectivity index (χ3v) is 3.91. The first-order chi connectivity index (χ1) is 10.1. The third kappa shape index (κ3) is 3.80. The molecule has 2 aromatic carbocycles. The third-order valence-electron chi connectivity index (χ3n) is 3.29. The smallest absolute Gasteiger partial charge is 0.162 e. The summed E-state index contributed by atoms with van der Waals surface area (Å²) in [5.41, 5.74) is 1.14. The summed E-state index contributed by atoms with van der Waals surface area (Å²) in [6, 6.07) is 9.86. The molecule has 2 aromatic rings. The van der Waals surface area contributed by atoms with E-state index in [2.05, 4.69) is 21.2 Å². The monoisotopic (exact) mass is 353 g/mol. The molecule has 0 unspecified atom stereocenters. The fraction of sp³-hybridized carbons (Fsp3) is 0.250. The lowest BCUT2D eigenvalue weighted by molar-refractivity contribution is 0.459. The highest BCUT2D eigenvalue weighted by Crippen LogP contribution is 2.31. The van der Waals surface area contributed by atoms with E-state index in [1.54, 1.807) is 0 Å². The van der Waals surface area contributed by atoms with Crippen LogP contribution in [0.25, 0.3) is 0 Å². The van der Waals surface area contributed by atoms with Gasteiger partial charge in [0.15, 0.2) is 11.6 Å². The van der Waals surface area contributed by atoms with Gasteiger partial charge in [-0.15, -0.1) is 0 Å². The number of rotatable bonds is 5. The van der Waals surface area contributed by atoms with Crippen LogP contribution in [0.5, 0.6) is 11.5 Å². The highest BCUT2D eigenvalue weighted by molar-refractivity contribution is 9.10. The molecule has 5 heteroatoms. The van der Waals surface area contributed by atoms with E-state index in [4.69, 9.17) is 4.74 Å². The summed E-state index contributed by atoms with van der Waals surface area (Å²) < 4.78 is 32.4. The fourth-order valence-corrected chi connectivity index (χ4v) is 2.46. The molecule has 1 N–H and O–H groups in total. The van der Waals surface area contributed by atoms with Gasteiger partial charge >= 0.3 is 0 Å². The van der Waals surface area contributed by atoms with Crippen molar-refractivity contribution < 1.29 is 13.5 Å². The molecule has 1 saturated carbocycles. The lowest BCUT2D eigenvalue weighted by Gasteiger charge is -2.10. The Kier molecular flexibility index (Phi) is 4.22. The Morgan fingerprint density at radius 2 is 1.90 bits per heavy atom. The second-order valence-corrected chi connectivity index (χ2v) is 5.95. The highest BCUT2D eigenvalue weighted by atomic mass is 79.9. The summed E-state index contributed by atoms with van der Waals surface area (Å²) in [7, 11) is 0. The maximum atomic E-state index is 13.2. The number of halogens is 3. The van der Waals surface area contributed by atoms with Crippen LogP contribution < -0.4 is 10.1 Å². The molecule has 0 radical (unpaired) electrons. The average molecular weight is 354 g/mol. The van der Waals surface area contributed by atoms with E-state index in [1.807, 2.05) is 18.2 Å². The maximum Gasteiger partial charge on any atom is 0.162 e. The van der Waals surface area contributed by atoms with Crippen LogP contribution in [0, 0.1) is 11.6 Å². The zero-order chi connectivity index (χ0) is 14.8. The Morgan fingerprint density at radius 3 is 2.57 bits per heavy atom. The predicted octanol–water partition coefficient (Wildman–Crippen LogP) is 4.77. The average Bonchev–Trinajstić information content (AvgIpc) is 3.27. The van der Waals surface area contributed by atoms with Crippen molar-refractivity contribution in [2.24, 2.45) is 0 Å². The Bertz CT molecular complexity index is 659. The van der Waals surface area contributed by atoms with Crippen molar-refractivity contribution in [3.63, 3.8) is 0 Å². The van der Waals surface area contributed by atoms with Crippen LogP contribution in [-0.2, 0) is 6.54 Å². The molecule has 110 valence electrons. The molecule has 1 aliphatic carbocycles. The molecule has 0 spiro atoms. The van der Waals surface area contributed by atoms with Gasteiger partial charge in [-0.25, -0.2) is 8.78 Å². The Balaban J connectivity index is 1.70. The maximum absolute atomic E-state index is 13.2. The molecule has 3 rings (SSSR count). The second-order valence-electron chi connectivity index (χ2n) is 5.10. The summed E-state index contributed by atoms with van der Waals surface area (Å²) in [5, 5.41) is 3.43. The van der Waals surface area contributed by atoms with Gasteiger partial charge in [0.2, 0.25) is 0 Å². The van der Waals surface area contributed by atoms with Gasteiger partial charge < -0.3 is 10.1 Å². The van der Waals surface area contributed by atoms with Crippen molar-refractivity contribution in [3.05, 3.63) is 58.1 Å². The minimum absolute atomic E-state index is 0.262. The van der Waals surface area contributed by atoms with Crippen LogP contribution in [0.2, 0.25) is 0 Å². The zero-order valence-corrected chi connectivity index (χ0v) is 12.8. The van der Waals surface area contributed by atoms with Crippen molar-refractivity contribution in [2.45, 2.75) is 25.4 Å². The molecule has 2 nitrogen and oxygen atoms in total. The standard InChI is InChI=1S/C16H14BrF2NO/c17-13-7-10(9-20-11-2-3-11)1-6-16(13)21-12-4-5-14(18)15(19)8-12/h1,4-8,11,20H,2-3,9H2.